The highest BCUT2D eigenvalue weighted by atomic mass is 32.2. The molecule has 1 heterocycles. The van der Waals surface area contributed by atoms with E-state index in [0.29, 0.717) is 11.4 Å². The fourth-order valence-electron chi connectivity index (χ4n) is 2.53. The number of hydrogen-bond acceptors (Lipinski definition) is 3. The lowest BCUT2D eigenvalue weighted by Crippen LogP contribution is -2.33. The Morgan fingerprint density at radius 1 is 1.37 bits per heavy atom. The van der Waals surface area contributed by atoms with Crippen molar-refractivity contribution in [1.82, 2.24) is 4.72 Å². The Bertz CT molecular complexity index is 527. The monoisotopic (exact) mass is 283 g/mol. The summed E-state index contributed by atoms with van der Waals surface area (Å²) in [6.07, 6.45) is 2.03. The number of aryl methyl sites for hydroxylation is 1. The highest BCUT2D eigenvalue weighted by Gasteiger charge is 2.28. The van der Waals surface area contributed by atoms with Gasteiger partial charge in [0.1, 0.15) is 0 Å². The second-order valence-corrected chi connectivity index (χ2v) is 6.72. The highest BCUT2D eigenvalue weighted by molar-refractivity contribution is 7.89. The fourth-order valence-corrected chi connectivity index (χ4v) is 3.87. The molecule has 0 aliphatic carbocycles. The minimum Gasteiger partial charge on any atom is -0.378 e. The molecular weight excluding hydrogens is 262 g/mol. The third-order valence-corrected chi connectivity index (χ3v) is 5.25. The molecule has 1 fully saturated rings. The second-order valence-electron chi connectivity index (χ2n) is 4.98. The summed E-state index contributed by atoms with van der Waals surface area (Å²) >= 11 is 0. The van der Waals surface area contributed by atoms with Crippen molar-refractivity contribution >= 4 is 10.0 Å². The normalized spacial score (nSPS) is 23.7. The van der Waals surface area contributed by atoms with Gasteiger partial charge in [0.15, 0.2) is 0 Å². The van der Waals surface area contributed by atoms with Gasteiger partial charge in [0.2, 0.25) is 10.0 Å². The van der Waals surface area contributed by atoms with E-state index >= 15 is 0 Å². The molecule has 0 spiro atoms. The molecule has 1 aliphatic rings. The topological polar surface area (TPSA) is 55.4 Å². The summed E-state index contributed by atoms with van der Waals surface area (Å²) in [5, 5.41) is 0. The van der Waals surface area contributed by atoms with E-state index in [1.807, 2.05) is 19.1 Å². The second kappa shape index (κ2) is 6.03. The van der Waals surface area contributed by atoms with Crippen molar-refractivity contribution in [1.29, 1.82) is 0 Å². The lowest BCUT2D eigenvalue weighted by Gasteiger charge is -2.17. The van der Waals surface area contributed by atoms with Crippen molar-refractivity contribution in [3.8, 4) is 0 Å². The summed E-state index contributed by atoms with van der Waals surface area (Å²) in [6, 6.07) is 7.03. The molecule has 19 heavy (non-hydrogen) atoms. The maximum Gasteiger partial charge on any atom is 0.240 e. The van der Waals surface area contributed by atoms with Crippen molar-refractivity contribution in [3.05, 3.63) is 29.8 Å². The first-order valence-electron chi connectivity index (χ1n) is 6.71. The van der Waals surface area contributed by atoms with Crippen LogP contribution in [-0.2, 0) is 14.8 Å². The van der Waals surface area contributed by atoms with Gasteiger partial charge < -0.3 is 4.74 Å². The standard InChI is InChI=1S/C14H21NO3S/c1-3-13-12(8-9-18-13)10-15-19(16,17)14-7-5-4-6-11(14)2/h4-7,12-13,15H,3,8-10H2,1-2H3. The van der Waals surface area contributed by atoms with Crippen LogP contribution in [0.5, 0.6) is 0 Å². The summed E-state index contributed by atoms with van der Waals surface area (Å²) in [5.74, 6) is 0.281. The fraction of sp³-hybridized carbons (Fsp3) is 0.571. The van der Waals surface area contributed by atoms with Crippen molar-refractivity contribution in [2.45, 2.75) is 37.7 Å². The molecule has 2 unspecified atom stereocenters. The molecule has 1 N–H and O–H groups in total. The number of hydrogen-bond donors (Lipinski definition) is 1. The van der Waals surface area contributed by atoms with E-state index in [0.717, 1.165) is 25.0 Å². The summed E-state index contributed by atoms with van der Waals surface area (Å²) < 4.78 is 32.8. The molecule has 2 atom stereocenters. The predicted molar refractivity (Wildman–Crippen MR) is 74.5 cm³/mol. The van der Waals surface area contributed by atoms with E-state index in [2.05, 4.69) is 11.6 Å². The van der Waals surface area contributed by atoms with E-state index in [9.17, 15) is 8.42 Å². The van der Waals surface area contributed by atoms with Gasteiger partial charge in [0.25, 0.3) is 0 Å². The van der Waals surface area contributed by atoms with Crippen molar-refractivity contribution in [3.63, 3.8) is 0 Å². The molecule has 4 nitrogen and oxygen atoms in total. The molecule has 0 bridgehead atoms. The largest absolute Gasteiger partial charge is 0.378 e. The Morgan fingerprint density at radius 2 is 2.11 bits per heavy atom. The molecule has 5 heteroatoms. The first kappa shape index (κ1) is 14.5. The maximum atomic E-state index is 12.3. The van der Waals surface area contributed by atoms with Crippen LogP contribution in [-0.4, -0.2) is 27.7 Å². The third-order valence-electron chi connectivity index (χ3n) is 3.67. The van der Waals surface area contributed by atoms with Crippen LogP contribution in [0, 0.1) is 12.8 Å². The van der Waals surface area contributed by atoms with E-state index < -0.39 is 10.0 Å². The Morgan fingerprint density at radius 3 is 2.79 bits per heavy atom. The molecular formula is C14H21NO3S. The number of rotatable bonds is 5. The van der Waals surface area contributed by atoms with Gasteiger partial charge in [0.05, 0.1) is 11.0 Å². The Balaban J connectivity index is 2.04. The molecule has 0 radical (unpaired) electrons. The number of sulfonamides is 1. The Kier molecular flexibility index (Phi) is 4.60. The van der Waals surface area contributed by atoms with Gasteiger partial charge in [-0.3, -0.25) is 0 Å². The first-order valence-corrected chi connectivity index (χ1v) is 8.20. The van der Waals surface area contributed by atoms with Gasteiger partial charge >= 0.3 is 0 Å². The van der Waals surface area contributed by atoms with Crippen molar-refractivity contribution < 1.29 is 13.2 Å². The molecule has 1 saturated heterocycles. The summed E-state index contributed by atoms with van der Waals surface area (Å²) in [5.41, 5.74) is 0.768. The molecule has 0 amide bonds. The number of benzene rings is 1. The quantitative estimate of drug-likeness (QED) is 0.900. The zero-order chi connectivity index (χ0) is 13.9. The SMILES string of the molecule is CCC1OCCC1CNS(=O)(=O)c1ccccc1C. The Labute approximate surface area is 115 Å². The third kappa shape index (κ3) is 3.35. The summed E-state index contributed by atoms with van der Waals surface area (Å²) in [6.45, 7) is 5.06. The average molecular weight is 283 g/mol. The highest BCUT2D eigenvalue weighted by Crippen LogP contribution is 2.23. The first-order chi connectivity index (χ1) is 9.04. The van der Waals surface area contributed by atoms with Crippen LogP contribution >= 0.6 is 0 Å². The van der Waals surface area contributed by atoms with Crippen LogP contribution in [0.1, 0.15) is 25.3 Å². The van der Waals surface area contributed by atoms with E-state index in [4.69, 9.17) is 4.74 Å². The minimum atomic E-state index is -3.42. The maximum absolute atomic E-state index is 12.3. The predicted octanol–water partition coefficient (Wildman–Crippen LogP) is 2.09. The van der Waals surface area contributed by atoms with Crippen molar-refractivity contribution in [2.24, 2.45) is 5.92 Å². The zero-order valence-electron chi connectivity index (χ0n) is 11.4. The molecule has 1 aromatic carbocycles. The molecule has 0 aromatic heterocycles. The van der Waals surface area contributed by atoms with Crippen molar-refractivity contribution in [2.75, 3.05) is 13.2 Å². The zero-order valence-corrected chi connectivity index (χ0v) is 12.2. The van der Waals surface area contributed by atoms with Crippen LogP contribution in [0.3, 0.4) is 0 Å². The summed E-state index contributed by atoms with van der Waals surface area (Å²) in [4.78, 5) is 0.363. The van der Waals surface area contributed by atoms with Gasteiger partial charge in [-0.25, -0.2) is 13.1 Å². The van der Waals surface area contributed by atoms with Gasteiger partial charge in [-0.2, -0.15) is 0 Å². The van der Waals surface area contributed by atoms with Crippen LogP contribution in [0.15, 0.2) is 29.2 Å². The summed E-state index contributed by atoms with van der Waals surface area (Å²) in [7, 11) is -3.42. The lowest BCUT2D eigenvalue weighted by molar-refractivity contribution is 0.0884. The molecule has 0 saturated carbocycles. The van der Waals surface area contributed by atoms with E-state index in [1.54, 1.807) is 12.1 Å². The smallest absolute Gasteiger partial charge is 0.240 e. The van der Waals surface area contributed by atoms with Gasteiger partial charge in [-0.1, -0.05) is 25.1 Å². The van der Waals surface area contributed by atoms with Gasteiger partial charge in [0, 0.05) is 19.1 Å². The van der Waals surface area contributed by atoms with Crippen LogP contribution in [0.25, 0.3) is 0 Å². The number of ether oxygens (including phenoxy) is 1. The van der Waals surface area contributed by atoms with Crippen LogP contribution < -0.4 is 4.72 Å². The lowest BCUT2D eigenvalue weighted by atomic mass is 10.0. The van der Waals surface area contributed by atoms with Crippen LogP contribution in [0.2, 0.25) is 0 Å². The Hall–Kier alpha value is -0.910. The van der Waals surface area contributed by atoms with E-state index in [1.165, 1.54) is 0 Å². The number of nitrogens with one attached hydrogen (secondary N) is 1. The minimum absolute atomic E-state index is 0.180. The van der Waals surface area contributed by atoms with E-state index in [-0.39, 0.29) is 12.0 Å². The molecule has 2 rings (SSSR count). The average Bonchev–Trinajstić information content (AvgIpc) is 2.84. The molecule has 1 aromatic rings. The van der Waals surface area contributed by atoms with Gasteiger partial charge in [-0.15, -0.1) is 0 Å². The molecule has 1 aliphatic heterocycles. The van der Waals surface area contributed by atoms with Gasteiger partial charge in [-0.05, 0) is 31.4 Å². The molecule has 106 valence electrons. The van der Waals surface area contributed by atoms with Crippen LogP contribution in [0.4, 0.5) is 0 Å².